The summed E-state index contributed by atoms with van der Waals surface area (Å²) in [7, 11) is 0. The van der Waals surface area contributed by atoms with E-state index in [2.05, 4.69) is 55.4 Å². The van der Waals surface area contributed by atoms with Crippen molar-refractivity contribution in [1.82, 2.24) is 0 Å². The number of aryl methyl sites for hydroxylation is 1. The van der Waals surface area contributed by atoms with Gasteiger partial charge in [0, 0.05) is 0 Å². The van der Waals surface area contributed by atoms with Crippen LogP contribution in [-0.2, 0) is 6.42 Å². The number of phenols is 1. The zero-order valence-corrected chi connectivity index (χ0v) is 23.7. The van der Waals surface area contributed by atoms with Crippen molar-refractivity contribution in [2.75, 3.05) is 0 Å². The quantitative estimate of drug-likeness (QED) is 0.336. The maximum atomic E-state index is 10.1. The average Bonchev–Trinajstić information content (AvgIpc) is 2.73. The smallest absolute Gasteiger partial charge is 0.126 e. The van der Waals surface area contributed by atoms with Crippen molar-refractivity contribution in [3.8, 4) is 11.5 Å². The Labute approximate surface area is 206 Å². The average molecular weight is 461 g/mol. The van der Waals surface area contributed by atoms with Gasteiger partial charge in [0.25, 0.3) is 0 Å². The first kappa shape index (κ1) is 29.9. The minimum atomic E-state index is -0.0637. The topological polar surface area (TPSA) is 29.5 Å². The van der Waals surface area contributed by atoms with E-state index in [1.54, 1.807) is 0 Å². The molecule has 3 unspecified atom stereocenters. The lowest BCUT2D eigenvalue weighted by Gasteiger charge is -2.37. The van der Waals surface area contributed by atoms with Crippen molar-refractivity contribution in [3.63, 3.8) is 0 Å². The molecule has 1 aliphatic heterocycles. The minimum Gasteiger partial charge on any atom is -0.508 e. The fourth-order valence-corrected chi connectivity index (χ4v) is 4.94. The molecular weight excluding hydrogens is 404 g/mol. The molecule has 0 radical (unpaired) electrons. The minimum absolute atomic E-state index is 0.0637. The summed E-state index contributed by atoms with van der Waals surface area (Å²) in [6.45, 7) is 20.1. The zero-order chi connectivity index (χ0) is 25.0. The lowest BCUT2D eigenvalue weighted by Crippen LogP contribution is -2.36. The van der Waals surface area contributed by atoms with Gasteiger partial charge in [-0.15, -0.1) is 0 Å². The molecule has 0 fully saturated rings. The number of fused-ring (bicyclic) bond motifs is 1. The summed E-state index contributed by atoms with van der Waals surface area (Å²) in [5.74, 6) is 3.98. The Hall–Kier alpha value is -1.18. The summed E-state index contributed by atoms with van der Waals surface area (Å²) in [6, 6.07) is 1.91. The maximum absolute atomic E-state index is 10.1. The van der Waals surface area contributed by atoms with Gasteiger partial charge in [0.2, 0.25) is 0 Å². The van der Waals surface area contributed by atoms with Crippen molar-refractivity contribution in [2.24, 2.45) is 17.8 Å². The Morgan fingerprint density at radius 2 is 1.39 bits per heavy atom. The van der Waals surface area contributed by atoms with Crippen LogP contribution in [0.15, 0.2) is 6.07 Å². The molecule has 1 aromatic carbocycles. The molecule has 0 aliphatic carbocycles. The van der Waals surface area contributed by atoms with Crippen molar-refractivity contribution in [2.45, 2.75) is 145 Å². The first-order valence-corrected chi connectivity index (χ1v) is 14.0. The molecule has 0 spiro atoms. The fraction of sp³-hybridized carbons (Fsp3) is 0.806. The van der Waals surface area contributed by atoms with Gasteiger partial charge in [0.1, 0.15) is 17.1 Å². The van der Waals surface area contributed by atoms with E-state index in [1.165, 1.54) is 63.4 Å². The number of hydrogen-bond donors (Lipinski definition) is 1. The summed E-state index contributed by atoms with van der Waals surface area (Å²) in [4.78, 5) is 0. The Morgan fingerprint density at radius 1 is 0.879 bits per heavy atom. The normalized spacial score (nSPS) is 19.3. The van der Waals surface area contributed by atoms with Gasteiger partial charge in [0.05, 0.1) is 0 Å². The summed E-state index contributed by atoms with van der Waals surface area (Å²) in [6.07, 6.45) is 15.3. The standard InChI is InChI=1S/C28H48O2.C3H8/c1-20(2)11-8-12-21(3)13-9-14-22(4)15-10-17-28(7)18-16-25-19-26(29)23(5)24(6)27(25)30-28;1-3-2/h19-22,29H,8-18H2,1-7H3;3H2,1-2H3. The molecule has 1 heterocycles. The maximum Gasteiger partial charge on any atom is 0.126 e. The highest BCUT2D eigenvalue weighted by molar-refractivity contribution is 5.53. The van der Waals surface area contributed by atoms with E-state index in [1.807, 2.05) is 13.0 Å². The molecule has 0 saturated heterocycles. The molecule has 3 atom stereocenters. The highest BCUT2D eigenvalue weighted by atomic mass is 16.5. The molecule has 1 aromatic rings. The molecule has 1 aliphatic rings. The van der Waals surface area contributed by atoms with Gasteiger partial charge in [-0.25, -0.2) is 0 Å². The van der Waals surface area contributed by atoms with Gasteiger partial charge >= 0.3 is 0 Å². The van der Waals surface area contributed by atoms with Crippen LogP contribution < -0.4 is 4.74 Å². The molecule has 33 heavy (non-hydrogen) atoms. The van der Waals surface area contributed by atoms with Crippen LogP contribution in [0.3, 0.4) is 0 Å². The summed E-state index contributed by atoms with van der Waals surface area (Å²) in [5, 5.41) is 10.1. The molecule has 1 N–H and O–H groups in total. The van der Waals surface area contributed by atoms with E-state index in [-0.39, 0.29) is 5.60 Å². The van der Waals surface area contributed by atoms with E-state index >= 15 is 0 Å². The van der Waals surface area contributed by atoms with Crippen LogP contribution in [0.2, 0.25) is 0 Å². The number of ether oxygens (including phenoxy) is 1. The summed E-state index contributed by atoms with van der Waals surface area (Å²) in [5.41, 5.74) is 3.16. The van der Waals surface area contributed by atoms with E-state index in [0.717, 1.165) is 53.9 Å². The largest absolute Gasteiger partial charge is 0.508 e. The zero-order valence-electron chi connectivity index (χ0n) is 23.7. The van der Waals surface area contributed by atoms with Crippen LogP contribution in [0.1, 0.15) is 136 Å². The summed E-state index contributed by atoms with van der Waals surface area (Å²) < 4.78 is 6.52. The van der Waals surface area contributed by atoms with Crippen LogP contribution in [0.25, 0.3) is 0 Å². The molecule has 0 bridgehead atoms. The van der Waals surface area contributed by atoms with Crippen LogP contribution >= 0.6 is 0 Å². The third kappa shape index (κ3) is 10.7. The number of hydrogen-bond acceptors (Lipinski definition) is 2. The fourth-order valence-electron chi connectivity index (χ4n) is 4.94. The van der Waals surface area contributed by atoms with Crippen molar-refractivity contribution < 1.29 is 9.84 Å². The lowest BCUT2D eigenvalue weighted by molar-refractivity contribution is 0.0514. The van der Waals surface area contributed by atoms with Crippen LogP contribution in [0.5, 0.6) is 11.5 Å². The second-order valence-electron chi connectivity index (χ2n) is 11.8. The number of rotatable bonds is 12. The highest BCUT2D eigenvalue weighted by Crippen LogP contribution is 2.42. The van der Waals surface area contributed by atoms with Gasteiger partial charge in [-0.2, -0.15) is 0 Å². The van der Waals surface area contributed by atoms with E-state index in [4.69, 9.17) is 4.74 Å². The van der Waals surface area contributed by atoms with Crippen LogP contribution in [0.4, 0.5) is 0 Å². The molecular formula is C31H56O2. The van der Waals surface area contributed by atoms with Crippen molar-refractivity contribution in [3.05, 3.63) is 22.8 Å². The Balaban J connectivity index is 0.00000172. The van der Waals surface area contributed by atoms with Gasteiger partial charge in [-0.05, 0) is 87.0 Å². The lowest BCUT2D eigenvalue weighted by atomic mass is 9.85. The Morgan fingerprint density at radius 3 is 1.94 bits per heavy atom. The van der Waals surface area contributed by atoms with E-state index in [9.17, 15) is 5.11 Å². The molecule has 2 heteroatoms. The van der Waals surface area contributed by atoms with Crippen molar-refractivity contribution in [1.29, 1.82) is 0 Å². The van der Waals surface area contributed by atoms with Crippen molar-refractivity contribution >= 4 is 0 Å². The first-order chi connectivity index (χ1) is 15.5. The monoisotopic (exact) mass is 460 g/mol. The van der Waals surface area contributed by atoms with Gasteiger partial charge in [-0.1, -0.05) is 92.9 Å². The third-order valence-corrected chi connectivity index (χ3v) is 7.44. The number of benzene rings is 1. The third-order valence-electron chi connectivity index (χ3n) is 7.44. The second kappa shape index (κ2) is 14.9. The van der Waals surface area contributed by atoms with Gasteiger partial charge < -0.3 is 9.84 Å². The molecule has 192 valence electrons. The summed E-state index contributed by atoms with van der Waals surface area (Å²) >= 11 is 0. The van der Waals surface area contributed by atoms with E-state index < -0.39 is 0 Å². The first-order valence-electron chi connectivity index (χ1n) is 14.0. The molecule has 0 aromatic heterocycles. The molecule has 2 rings (SSSR count). The number of phenolic OH excluding ortho intramolecular Hbond substituents is 1. The van der Waals surface area contributed by atoms with E-state index in [0.29, 0.717) is 5.75 Å². The molecule has 0 amide bonds. The van der Waals surface area contributed by atoms with Crippen LogP contribution in [0, 0.1) is 31.6 Å². The van der Waals surface area contributed by atoms with Gasteiger partial charge in [0.15, 0.2) is 0 Å². The highest BCUT2D eigenvalue weighted by Gasteiger charge is 2.33. The SMILES string of the molecule is CCC.Cc1c(O)cc2c(c1C)OC(C)(CCCC(C)CCCC(C)CCCC(C)C)CC2. The Bertz CT molecular complexity index is 678. The molecule has 2 nitrogen and oxygen atoms in total. The van der Waals surface area contributed by atoms with Crippen LogP contribution in [-0.4, -0.2) is 10.7 Å². The number of aromatic hydroxyl groups is 1. The molecule has 0 saturated carbocycles. The predicted octanol–water partition coefficient (Wildman–Crippen LogP) is 9.95. The van der Waals surface area contributed by atoms with Gasteiger partial charge in [-0.3, -0.25) is 0 Å². The second-order valence-corrected chi connectivity index (χ2v) is 11.8. The Kier molecular flexibility index (Phi) is 13.5. The predicted molar refractivity (Wildman–Crippen MR) is 146 cm³/mol.